The van der Waals surface area contributed by atoms with Gasteiger partial charge in [-0.3, -0.25) is 9.10 Å². The number of aryl methyl sites for hydroxylation is 1. The van der Waals surface area contributed by atoms with Crippen LogP contribution in [-0.2, 0) is 16.4 Å². The second-order valence-electron chi connectivity index (χ2n) is 6.00. The topological polar surface area (TPSA) is 66.5 Å². The fourth-order valence-corrected chi connectivity index (χ4v) is 4.13. The van der Waals surface area contributed by atoms with Gasteiger partial charge in [0.2, 0.25) is 10.0 Å². The van der Waals surface area contributed by atoms with Crippen molar-refractivity contribution in [1.82, 2.24) is 0 Å². The molecule has 0 aliphatic carbocycles. The van der Waals surface area contributed by atoms with Crippen LogP contribution in [0.4, 0.5) is 20.2 Å². The van der Waals surface area contributed by atoms with E-state index in [0.717, 1.165) is 17.7 Å². The monoisotopic (exact) mass is 380 g/mol. The third-order valence-corrected chi connectivity index (χ3v) is 6.08. The number of hydrogen-bond acceptors (Lipinski definition) is 3. The van der Waals surface area contributed by atoms with Gasteiger partial charge in [-0.15, -0.1) is 0 Å². The van der Waals surface area contributed by atoms with Crippen LogP contribution in [0.15, 0.2) is 36.4 Å². The Morgan fingerprint density at radius 1 is 1.19 bits per heavy atom. The lowest BCUT2D eigenvalue weighted by Gasteiger charge is -2.30. The Bertz CT molecular complexity index is 961. The van der Waals surface area contributed by atoms with Crippen LogP contribution < -0.4 is 9.62 Å². The highest BCUT2D eigenvalue weighted by atomic mass is 32.2. The first-order chi connectivity index (χ1) is 12.3. The van der Waals surface area contributed by atoms with E-state index in [1.807, 2.05) is 0 Å². The van der Waals surface area contributed by atoms with Crippen molar-refractivity contribution in [2.45, 2.75) is 19.8 Å². The largest absolute Gasteiger partial charge is 0.319 e. The molecule has 0 saturated heterocycles. The van der Waals surface area contributed by atoms with Gasteiger partial charge >= 0.3 is 0 Å². The van der Waals surface area contributed by atoms with E-state index in [2.05, 4.69) is 5.32 Å². The minimum Gasteiger partial charge on any atom is -0.319 e. The molecule has 1 aliphatic heterocycles. The van der Waals surface area contributed by atoms with Crippen molar-refractivity contribution >= 4 is 27.3 Å². The molecule has 2 aromatic carbocycles. The number of nitrogens with zero attached hydrogens (tertiary/aromatic N) is 1. The normalized spacial score (nSPS) is 14.0. The van der Waals surface area contributed by atoms with Gasteiger partial charge < -0.3 is 5.32 Å². The van der Waals surface area contributed by atoms with Crippen LogP contribution in [0, 0.1) is 11.6 Å². The number of hydrogen-bond donors (Lipinski definition) is 1. The molecule has 0 fully saturated rings. The number of nitrogens with one attached hydrogen (secondary N) is 1. The summed E-state index contributed by atoms with van der Waals surface area (Å²) in [5.41, 5.74) is 1.48. The van der Waals surface area contributed by atoms with E-state index in [0.29, 0.717) is 31.1 Å². The summed E-state index contributed by atoms with van der Waals surface area (Å²) in [6.07, 6.45) is 1.31. The van der Waals surface area contributed by atoms with Crippen LogP contribution in [0.3, 0.4) is 0 Å². The summed E-state index contributed by atoms with van der Waals surface area (Å²) in [5, 5.41) is 2.40. The molecule has 26 heavy (non-hydrogen) atoms. The van der Waals surface area contributed by atoms with Crippen molar-refractivity contribution in [3.05, 3.63) is 59.2 Å². The number of benzene rings is 2. The Kier molecular flexibility index (Phi) is 4.95. The minimum absolute atomic E-state index is 0.00147. The third-order valence-electron chi connectivity index (χ3n) is 4.30. The number of halogens is 2. The summed E-state index contributed by atoms with van der Waals surface area (Å²) in [7, 11) is -3.38. The second kappa shape index (κ2) is 7.03. The molecule has 1 N–H and O–H groups in total. The van der Waals surface area contributed by atoms with Crippen LogP contribution in [0.5, 0.6) is 0 Å². The van der Waals surface area contributed by atoms with Gasteiger partial charge in [-0.25, -0.2) is 17.2 Å². The van der Waals surface area contributed by atoms with Gasteiger partial charge in [-0.1, -0.05) is 0 Å². The molecule has 0 saturated carbocycles. The lowest BCUT2D eigenvalue weighted by molar-refractivity contribution is 0.102. The number of sulfonamides is 1. The first-order valence-corrected chi connectivity index (χ1v) is 9.82. The van der Waals surface area contributed by atoms with Gasteiger partial charge in [0.25, 0.3) is 5.91 Å². The maximum Gasteiger partial charge on any atom is 0.255 e. The molecular weight excluding hydrogens is 362 g/mol. The fraction of sp³-hybridized carbons (Fsp3) is 0.278. The van der Waals surface area contributed by atoms with E-state index in [-0.39, 0.29) is 17.0 Å². The van der Waals surface area contributed by atoms with Crippen molar-refractivity contribution in [2.75, 3.05) is 21.9 Å². The molecule has 8 heteroatoms. The van der Waals surface area contributed by atoms with Crippen LogP contribution in [0.1, 0.15) is 29.3 Å². The molecule has 1 heterocycles. The van der Waals surface area contributed by atoms with Crippen molar-refractivity contribution in [1.29, 1.82) is 0 Å². The van der Waals surface area contributed by atoms with Crippen LogP contribution >= 0.6 is 0 Å². The number of fused-ring (bicyclic) bond motifs is 1. The zero-order valence-corrected chi connectivity index (χ0v) is 14.9. The number of carbonyl (C=O) groups excluding carboxylic acids is 1. The zero-order valence-electron chi connectivity index (χ0n) is 14.1. The highest BCUT2D eigenvalue weighted by Gasteiger charge is 2.26. The van der Waals surface area contributed by atoms with Gasteiger partial charge in [-0.2, -0.15) is 0 Å². The standard InChI is InChI=1S/C18H18F2N2O3S/c1-2-26(24,25)22-9-3-4-12-10-13(5-8-17(12)22)18(23)21-16-7-6-14(19)11-15(16)20/h5-8,10-11H,2-4,9H2,1H3,(H,21,23). The smallest absolute Gasteiger partial charge is 0.255 e. The Morgan fingerprint density at radius 2 is 1.96 bits per heavy atom. The summed E-state index contributed by atoms with van der Waals surface area (Å²) in [6, 6.07) is 7.60. The lowest BCUT2D eigenvalue weighted by atomic mass is 10.0. The number of carbonyl (C=O) groups is 1. The second-order valence-corrected chi connectivity index (χ2v) is 8.18. The minimum atomic E-state index is -3.38. The first-order valence-electron chi connectivity index (χ1n) is 8.21. The van der Waals surface area contributed by atoms with Crippen LogP contribution in [-0.4, -0.2) is 26.6 Å². The van der Waals surface area contributed by atoms with E-state index >= 15 is 0 Å². The summed E-state index contributed by atoms with van der Waals surface area (Å²) in [6.45, 7) is 2.00. The van der Waals surface area contributed by atoms with Gasteiger partial charge in [0.1, 0.15) is 11.6 Å². The third kappa shape index (κ3) is 3.55. The molecular formula is C18H18F2N2O3S. The Hall–Kier alpha value is -2.48. The Labute approximate surface area is 150 Å². The quantitative estimate of drug-likeness (QED) is 0.885. The molecule has 0 unspecified atom stereocenters. The number of amides is 1. The van der Waals surface area contributed by atoms with Crippen LogP contribution in [0.2, 0.25) is 0 Å². The van der Waals surface area contributed by atoms with E-state index in [4.69, 9.17) is 0 Å². The van der Waals surface area contributed by atoms with Gasteiger partial charge in [0.05, 0.1) is 17.1 Å². The Morgan fingerprint density at radius 3 is 2.65 bits per heavy atom. The molecule has 5 nitrogen and oxygen atoms in total. The highest BCUT2D eigenvalue weighted by molar-refractivity contribution is 7.92. The van der Waals surface area contributed by atoms with Crippen LogP contribution in [0.25, 0.3) is 0 Å². The molecule has 0 bridgehead atoms. The van der Waals surface area contributed by atoms with Crippen molar-refractivity contribution in [3.8, 4) is 0 Å². The number of rotatable bonds is 4. The molecule has 0 aromatic heterocycles. The van der Waals surface area contributed by atoms with E-state index in [1.54, 1.807) is 19.1 Å². The predicted octanol–water partition coefficient (Wildman–Crippen LogP) is 3.32. The van der Waals surface area contributed by atoms with Crippen molar-refractivity contribution in [2.24, 2.45) is 0 Å². The molecule has 0 radical (unpaired) electrons. The summed E-state index contributed by atoms with van der Waals surface area (Å²) < 4.78 is 52.4. The summed E-state index contributed by atoms with van der Waals surface area (Å²) >= 11 is 0. The molecule has 0 atom stereocenters. The molecule has 138 valence electrons. The van der Waals surface area contributed by atoms with Crippen molar-refractivity contribution in [3.63, 3.8) is 0 Å². The molecule has 0 spiro atoms. The first kappa shape index (κ1) is 18.3. The molecule has 1 amide bonds. The lowest BCUT2D eigenvalue weighted by Crippen LogP contribution is -2.36. The molecule has 1 aliphatic rings. The van der Waals surface area contributed by atoms with E-state index in [1.165, 1.54) is 10.4 Å². The maximum absolute atomic E-state index is 13.7. The summed E-state index contributed by atoms with van der Waals surface area (Å²) in [4.78, 5) is 12.4. The highest BCUT2D eigenvalue weighted by Crippen LogP contribution is 2.30. The fourth-order valence-electron chi connectivity index (χ4n) is 2.93. The zero-order chi connectivity index (χ0) is 18.9. The SMILES string of the molecule is CCS(=O)(=O)N1CCCc2cc(C(=O)Nc3ccc(F)cc3F)ccc21. The predicted molar refractivity (Wildman–Crippen MR) is 95.9 cm³/mol. The average Bonchev–Trinajstić information content (AvgIpc) is 2.63. The van der Waals surface area contributed by atoms with E-state index < -0.39 is 27.6 Å². The number of anilines is 2. The van der Waals surface area contributed by atoms with Gasteiger partial charge in [0.15, 0.2) is 0 Å². The van der Waals surface area contributed by atoms with Gasteiger partial charge in [-0.05, 0) is 55.7 Å². The average molecular weight is 380 g/mol. The van der Waals surface area contributed by atoms with Crippen molar-refractivity contribution < 1.29 is 22.0 Å². The maximum atomic E-state index is 13.7. The van der Waals surface area contributed by atoms with Gasteiger partial charge in [0, 0.05) is 18.2 Å². The molecule has 3 rings (SSSR count). The van der Waals surface area contributed by atoms with E-state index in [9.17, 15) is 22.0 Å². The Balaban J connectivity index is 1.87. The molecule has 2 aromatic rings. The summed E-state index contributed by atoms with van der Waals surface area (Å²) in [5.74, 6) is -2.14.